The van der Waals surface area contributed by atoms with Crippen molar-refractivity contribution >= 4 is 11.9 Å². The number of urea groups is 1. The third kappa shape index (κ3) is 7.08. The summed E-state index contributed by atoms with van der Waals surface area (Å²) >= 11 is 0. The lowest BCUT2D eigenvalue weighted by atomic mass is 10.1. The van der Waals surface area contributed by atoms with E-state index >= 15 is 0 Å². The molecule has 0 spiro atoms. The van der Waals surface area contributed by atoms with Gasteiger partial charge in [0.1, 0.15) is 5.75 Å². The van der Waals surface area contributed by atoms with E-state index in [2.05, 4.69) is 27.7 Å². The topological polar surface area (TPSA) is 70.7 Å². The fourth-order valence-electron chi connectivity index (χ4n) is 2.00. The third-order valence-electron chi connectivity index (χ3n) is 3.36. The van der Waals surface area contributed by atoms with Crippen molar-refractivity contribution in [1.29, 1.82) is 0 Å². The molecule has 1 aromatic carbocycles. The Bertz CT molecular complexity index is 474. The van der Waals surface area contributed by atoms with Crippen LogP contribution < -0.4 is 15.4 Å². The molecule has 0 radical (unpaired) electrons. The number of benzene rings is 1. The van der Waals surface area contributed by atoms with Crippen LogP contribution in [0.5, 0.6) is 5.75 Å². The van der Waals surface area contributed by atoms with Gasteiger partial charge in [-0.25, -0.2) is 4.79 Å². The summed E-state index contributed by atoms with van der Waals surface area (Å²) in [5, 5.41) is 4.60. The summed E-state index contributed by atoms with van der Waals surface area (Å²) in [6, 6.07) is 7.59. The van der Waals surface area contributed by atoms with E-state index in [0.29, 0.717) is 13.0 Å². The zero-order valence-electron chi connectivity index (χ0n) is 13.5. The Balaban J connectivity index is 2.18. The Labute approximate surface area is 131 Å². The molecule has 0 aliphatic rings. The van der Waals surface area contributed by atoms with Crippen molar-refractivity contribution in [3.05, 3.63) is 29.8 Å². The van der Waals surface area contributed by atoms with E-state index in [1.165, 1.54) is 12.6 Å². The Kier molecular flexibility index (Phi) is 7.99. The summed E-state index contributed by atoms with van der Waals surface area (Å²) < 4.78 is 5.13. The molecule has 2 N–H and O–H groups in total. The Morgan fingerprint density at radius 1 is 1.18 bits per heavy atom. The fraction of sp³-hybridized carbons (Fsp3) is 0.500. The molecule has 0 bridgehead atoms. The first-order chi connectivity index (χ1) is 10.5. The molecule has 1 aromatic rings. The number of carbonyl (C=O) groups excluding carboxylic acids is 2. The van der Waals surface area contributed by atoms with Gasteiger partial charge in [-0.1, -0.05) is 12.1 Å². The highest BCUT2D eigenvalue weighted by atomic mass is 16.5. The van der Waals surface area contributed by atoms with Crippen LogP contribution in [-0.2, 0) is 11.2 Å². The van der Waals surface area contributed by atoms with Crippen molar-refractivity contribution in [3.63, 3.8) is 0 Å². The number of amides is 3. The number of rotatable bonds is 8. The smallest absolute Gasteiger partial charge is 0.321 e. The lowest BCUT2D eigenvalue weighted by Crippen LogP contribution is -2.38. The number of imide groups is 1. The molecule has 1 rings (SSSR count). The predicted octanol–water partition coefficient (Wildman–Crippen LogP) is 1.41. The van der Waals surface area contributed by atoms with Crippen LogP contribution in [0.15, 0.2) is 24.3 Å². The average molecular weight is 307 g/mol. The number of hydrogen-bond acceptors (Lipinski definition) is 4. The number of carbonyl (C=O) groups is 2. The summed E-state index contributed by atoms with van der Waals surface area (Å²) in [5.74, 6) is 0.601. The molecule has 0 saturated heterocycles. The molecule has 0 heterocycles. The second kappa shape index (κ2) is 9.78. The van der Waals surface area contributed by atoms with Crippen LogP contribution in [0.1, 0.15) is 18.4 Å². The lowest BCUT2D eigenvalue weighted by Gasteiger charge is -2.16. The molecule has 6 heteroatoms. The largest absolute Gasteiger partial charge is 0.497 e. The van der Waals surface area contributed by atoms with Crippen molar-refractivity contribution in [2.45, 2.75) is 19.3 Å². The van der Waals surface area contributed by atoms with Crippen LogP contribution in [0.2, 0.25) is 0 Å². The molecular formula is C16H25N3O3. The van der Waals surface area contributed by atoms with Gasteiger partial charge in [0.25, 0.3) is 0 Å². The van der Waals surface area contributed by atoms with Gasteiger partial charge in [-0.15, -0.1) is 0 Å². The minimum atomic E-state index is -0.466. The van der Waals surface area contributed by atoms with Crippen LogP contribution in [0.3, 0.4) is 0 Å². The highest BCUT2D eigenvalue weighted by Crippen LogP contribution is 2.12. The number of nitrogens with one attached hydrogen (secondary N) is 2. The highest BCUT2D eigenvalue weighted by molar-refractivity contribution is 5.94. The first-order valence-electron chi connectivity index (χ1n) is 7.38. The summed E-state index contributed by atoms with van der Waals surface area (Å²) in [6.07, 6.45) is 2.31. The van der Waals surface area contributed by atoms with Gasteiger partial charge in [-0.05, 0) is 44.1 Å². The molecule has 0 unspecified atom stereocenters. The van der Waals surface area contributed by atoms with E-state index in [1.54, 1.807) is 7.11 Å². The number of aryl methyl sites for hydroxylation is 1. The number of nitrogens with zero attached hydrogens (tertiary/aromatic N) is 1. The number of hydrogen-bond donors (Lipinski definition) is 2. The van der Waals surface area contributed by atoms with E-state index in [0.717, 1.165) is 25.1 Å². The van der Waals surface area contributed by atoms with Crippen LogP contribution in [0, 0.1) is 0 Å². The fourth-order valence-corrected chi connectivity index (χ4v) is 2.00. The average Bonchev–Trinajstić information content (AvgIpc) is 2.53. The lowest BCUT2D eigenvalue weighted by molar-refractivity contribution is -0.120. The molecule has 22 heavy (non-hydrogen) atoms. The Morgan fingerprint density at radius 3 is 2.45 bits per heavy atom. The van der Waals surface area contributed by atoms with E-state index in [1.807, 2.05) is 19.2 Å². The van der Waals surface area contributed by atoms with E-state index in [9.17, 15) is 9.59 Å². The Morgan fingerprint density at radius 2 is 1.86 bits per heavy atom. The summed E-state index contributed by atoms with van der Waals surface area (Å²) in [4.78, 5) is 24.5. The molecule has 0 aromatic heterocycles. The van der Waals surface area contributed by atoms with Gasteiger partial charge in [0.05, 0.1) is 7.11 Å². The predicted molar refractivity (Wildman–Crippen MR) is 86.0 cm³/mol. The van der Waals surface area contributed by atoms with E-state index in [-0.39, 0.29) is 5.91 Å². The minimum Gasteiger partial charge on any atom is -0.497 e. The molecular weight excluding hydrogens is 282 g/mol. The second-order valence-electron chi connectivity index (χ2n) is 5.13. The van der Waals surface area contributed by atoms with Crippen LogP contribution >= 0.6 is 0 Å². The van der Waals surface area contributed by atoms with E-state index in [4.69, 9.17) is 4.74 Å². The molecule has 0 fully saturated rings. The molecule has 0 atom stereocenters. The molecule has 122 valence electrons. The first-order valence-corrected chi connectivity index (χ1v) is 7.38. The maximum atomic E-state index is 11.5. The van der Waals surface area contributed by atoms with Crippen molar-refractivity contribution in [1.82, 2.24) is 15.5 Å². The number of methoxy groups -OCH3 is 1. The maximum Gasteiger partial charge on any atom is 0.321 e. The monoisotopic (exact) mass is 307 g/mol. The minimum absolute atomic E-state index is 0.263. The van der Waals surface area contributed by atoms with Crippen molar-refractivity contribution in [3.8, 4) is 5.75 Å². The van der Waals surface area contributed by atoms with Crippen LogP contribution in [0.25, 0.3) is 0 Å². The SMILES string of the molecule is CNC(=O)NC(=O)CCN(C)CCCc1ccc(OC)cc1. The number of ether oxygens (including phenoxy) is 1. The maximum absolute atomic E-state index is 11.5. The zero-order valence-corrected chi connectivity index (χ0v) is 13.5. The molecule has 0 saturated carbocycles. The van der Waals surface area contributed by atoms with Gasteiger partial charge in [0.15, 0.2) is 0 Å². The van der Waals surface area contributed by atoms with Gasteiger partial charge >= 0.3 is 6.03 Å². The normalized spacial score (nSPS) is 10.4. The van der Waals surface area contributed by atoms with Crippen LogP contribution in [0.4, 0.5) is 4.79 Å². The molecule has 6 nitrogen and oxygen atoms in total. The van der Waals surface area contributed by atoms with Gasteiger partial charge in [-0.3, -0.25) is 10.1 Å². The second-order valence-corrected chi connectivity index (χ2v) is 5.13. The quantitative estimate of drug-likeness (QED) is 0.762. The highest BCUT2D eigenvalue weighted by Gasteiger charge is 2.07. The molecule has 0 aliphatic carbocycles. The third-order valence-corrected chi connectivity index (χ3v) is 3.36. The van der Waals surface area contributed by atoms with Crippen molar-refractivity contribution in [2.24, 2.45) is 0 Å². The van der Waals surface area contributed by atoms with E-state index < -0.39 is 6.03 Å². The summed E-state index contributed by atoms with van der Waals surface area (Å²) in [7, 11) is 5.11. The standard InChI is InChI=1S/C16H25N3O3/c1-17-16(21)18-15(20)10-12-19(2)11-4-5-13-6-8-14(22-3)9-7-13/h6-9H,4-5,10-12H2,1-3H3,(H2,17,18,20,21). The molecule has 3 amide bonds. The molecule has 0 aliphatic heterocycles. The van der Waals surface area contributed by atoms with Gasteiger partial charge in [0.2, 0.25) is 5.91 Å². The summed E-state index contributed by atoms with van der Waals surface area (Å²) in [6.45, 7) is 1.53. The van der Waals surface area contributed by atoms with Crippen molar-refractivity contribution < 1.29 is 14.3 Å². The Hall–Kier alpha value is -2.08. The van der Waals surface area contributed by atoms with Gasteiger partial charge in [-0.2, -0.15) is 0 Å². The zero-order chi connectivity index (χ0) is 16.4. The van der Waals surface area contributed by atoms with Crippen LogP contribution in [-0.4, -0.2) is 51.1 Å². The summed E-state index contributed by atoms with van der Waals surface area (Å²) in [5.41, 5.74) is 1.27. The van der Waals surface area contributed by atoms with Gasteiger partial charge in [0, 0.05) is 20.0 Å². The first kappa shape index (κ1) is 18.0. The van der Waals surface area contributed by atoms with Gasteiger partial charge < -0.3 is 15.0 Å². The van der Waals surface area contributed by atoms with Crippen molar-refractivity contribution in [2.75, 3.05) is 34.3 Å².